The third kappa shape index (κ3) is 5.60. The molecule has 8 heteroatoms. The molecule has 1 aliphatic rings. The summed E-state index contributed by atoms with van der Waals surface area (Å²) in [6.45, 7) is 8.83. The van der Waals surface area contributed by atoms with Crippen molar-refractivity contribution in [3.8, 4) is 27.4 Å². The molecule has 188 valence electrons. The third-order valence-corrected chi connectivity index (χ3v) is 7.31. The van der Waals surface area contributed by atoms with E-state index in [2.05, 4.69) is 30.2 Å². The number of nitrogens with one attached hydrogen (secondary N) is 2. The first-order valence-electron chi connectivity index (χ1n) is 12.3. The monoisotopic (exact) mass is 504 g/mol. The maximum absolute atomic E-state index is 12.9. The second-order valence-electron chi connectivity index (χ2n) is 8.95. The van der Waals surface area contributed by atoms with Crippen molar-refractivity contribution in [2.24, 2.45) is 0 Å². The Balaban J connectivity index is 1.78. The summed E-state index contributed by atoms with van der Waals surface area (Å²) < 4.78 is 0. The molecule has 7 nitrogen and oxygen atoms in total. The van der Waals surface area contributed by atoms with Gasteiger partial charge in [0.15, 0.2) is 0 Å². The van der Waals surface area contributed by atoms with Crippen molar-refractivity contribution in [1.82, 2.24) is 10.3 Å². The molecule has 1 atom stereocenters. The molecule has 2 amide bonds. The molecule has 0 unspecified atom stereocenters. The molecule has 4 rings (SSSR count). The van der Waals surface area contributed by atoms with Crippen molar-refractivity contribution in [2.45, 2.75) is 45.6 Å². The van der Waals surface area contributed by atoms with Crippen molar-refractivity contribution in [2.75, 3.05) is 23.3 Å². The number of amides is 2. The van der Waals surface area contributed by atoms with E-state index in [-0.39, 0.29) is 23.6 Å². The third-order valence-electron chi connectivity index (χ3n) is 6.24. The van der Waals surface area contributed by atoms with E-state index in [0.717, 1.165) is 35.3 Å². The molecule has 1 aliphatic heterocycles. The highest BCUT2D eigenvalue weighted by Crippen LogP contribution is 2.38. The van der Waals surface area contributed by atoms with Crippen LogP contribution in [0.1, 0.15) is 38.2 Å². The summed E-state index contributed by atoms with van der Waals surface area (Å²) in [5.41, 5.74) is 3.82. The first-order chi connectivity index (χ1) is 17.4. The average Bonchev–Trinajstić information content (AvgIpc) is 3.53. The molecule has 0 radical (unpaired) electrons. The van der Waals surface area contributed by atoms with Crippen LogP contribution in [0.5, 0.6) is 5.75 Å². The van der Waals surface area contributed by atoms with Crippen LogP contribution in [0, 0.1) is 6.92 Å². The second-order valence-corrected chi connectivity index (χ2v) is 9.86. The van der Waals surface area contributed by atoms with E-state index in [4.69, 9.17) is 4.98 Å². The van der Waals surface area contributed by atoms with E-state index in [0.29, 0.717) is 42.3 Å². The van der Waals surface area contributed by atoms with E-state index in [1.165, 1.54) is 0 Å². The smallest absolute Gasteiger partial charge is 0.243 e. The number of pyridine rings is 1. The number of anilines is 2. The van der Waals surface area contributed by atoms with Gasteiger partial charge in [0, 0.05) is 35.6 Å². The van der Waals surface area contributed by atoms with Crippen LogP contribution in [-0.2, 0) is 9.59 Å². The largest absolute Gasteiger partial charge is 0.507 e. The first kappa shape index (κ1) is 25.4. The van der Waals surface area contributed by atoms with Crippen molar-refractivity contribution in [1.29, 1.82) is 0 Å². The van der Waals surface area contributed by atoms with Gasteiger partial charge in [0.25, 0.3) is 0 Å². The van der Waals surface area contributed by atoms with Crippen LogP contribution >= 0.6 is 11.3 Å². The number of aromatic nitrogens is 1. The predicted molar refractivity (Wildman–Crippen MR) is 147 cm³/mol. The number of benzene rings is 1. The lowest BCUT2D eigenvalue weighted by Crippen LogP contribution is -2.43. The van der Waals surface area contributed by atoms with Gasteiger partial charge in [-0.3, -0.25) is 9.59 Å². The number of nitrogens with zero attached hydrogens (tertiary/aromatic N) is 2. The highest BCUT2D eigenvalue weighted by Gasteiger charge is 2.32. The predicted octanol–water partition coefficient (Wildman–Crippen LogP) is 5.50. The molecule has 0 bridgehead atoms. The summed E-state index contributed by atoms with van der Waals surface area (Å²) in [5, 5.41) is 18.6. The van der Waals surface area contributed by atoms with Gasteiger partial charge in [-0.15, -0.1) is 17.9 Å². The molecule has 3 aromatic rings. The van der Waals surface area contributed by atoms with E-state index in [9.17, 15) is 14.7 Å². The number of rotatable bonds is 9. The minimum absolute atomic E-state index is 0.0445. The van der Waals surface area contributed by atoms with Crippen molar-refractivity contribution in [3.05, 3.63) is 60.0 Å². The first-order valence-corrected chi connectivity index (χ1v) is 13.1. The Hall–Kier alpha value is -3.65. The number of phenolic OH excluding ortho intramolecular Hbond substituents is 1. The zero-order chi connectivity index (χ0) is 25.7. The number of phenols is 1. The maximum Gasteiger partial charge on any atom is 0.243 e. The standard InChI is InChI=1S/C28H32N4O3S/c1-4-7-26(34)30-20-9-10-24(33)21(17-20)22-15-19(27-18(3)11-14-36-27)16-25(31-22)32-13-6-8-23(32)28(35)29-12-5-2/h5,9-11,14-17,23,33H,2,4,6-8,12-13H2,1,3H3,(H,29,35)(H,30,34)/t23-/m0/s1. The Labute approximate surface area is 215 Å². The minimum atomic E-state index is -0.321. The van der Waals surface area contributed by atoms with Crippen LogP contribution in [-0.4, -0.2) is 41.0 Å². The van der Waals surface area contributed by atoms with Gasteiger partial charge in [-0.05, 0) is 79.1 Å². The van der Waals surface area contributed by atoms with Crippen molar-refractivity contribution in [3.63, 3.8) is 0 Å². The van der Waals surface area contributed by atoms with Crippen LogP contribution in [0.2, 0.25) is 0 Å². The van der Waals surface area contributed by atoms with Crippen LogP contribution < -0.4 is 15.5 Å². The van der Waals surface area contributed by atoms with E-state index in [1.807, 2.05) is 29.3 Å². The quantitative estimate of drug-likeness (QED) is 0.264. The van der Waals surface area contributed by atoms with Gasteiger partial charge in [0.05, 0.1) is 5.69 Å². The van der Waals surface area contributed by atoms with Gasteiger partial charge in [-0.25, -0.2) is 4.98 Å². The number of aryl methyl sites for hydroxylation is 1. The van der Waals surface area contributed by atoms with E-state index < -0.39 is 0 Å². The number of aromatic hydroxyl groups is 1. The van der Waals surface area contributed by atoms with E-state index >= 15 is 0 Å². The molecule has 0 spiro atoms. The van der Waals surface area contributed by atoms with Crippen LogP contribution in [0.4, 0.5) is 11.5 Å². The zero-order valence-electron chi connectivity index (χ0n) is 20.7. The number of thiophene rings is 1. The summed E-state index contributed by atoms with van der Waals surface area (Å²) in [6.07, 6.45) is 4.47. The van der Waals surface area contributed by atoms with Gasteiger partial charge in [0.1, 0.15) is 17.6 Å². The highest BCUT2D eigenvalue weighted by molar-refractivity contribution is 7.13. The summed E-state index contributed by atoms with van der Waals surface area (Å²) >= 11 is 1.64. The Kier molecular flexibility index (Phi) is 8.05. The van der Waals surface area contributed by atoms with Gasteiger partial charge >= 0.3 is 0 Å². The fourth-order valence-electron chi connectivity index (χ4n) is 4.47. The molecular weight excluding hydrogens is 472 g/mol. The van der Waals surface area contributed by atoms with E-state index in [1.54, 1.807) is 35.6 Å². The molecule has 3 N–H and O–H groups in total. The van der Waals surface area contributed by atoms with Gasteiger partial charge < -0.3 is 20.6 Å². The molecular formula is C28H32N4O3S. The van der Waals surface area contributed by atoms with Gasteiger partial charge in [-0.1, -0.05) is 13.0 Å². The number of hydrogen-bond acceptors (Lipinski definition) is 6. The van der Waals surface area contributed by atoms with Crippen molar-refractivity contribution >= 4 is 34.7 Å². The van der Waals surface area contributed by atoms with Crippen LogP contribution in [0.25, 0.3) is 21.7 Å². The fraction of sp³-hybridized carbons (Fsp3) is 0.321. The molecule has 0 aliphatic carbocycles. The van der Waals surface area contributed by atoms with Gasteiger partial charge in [-0.2, -0.15) is 0 Å². The second kappa shape index (κ2) is 11.4. The topological polar surface area (TPSA) is 94.6 Å². The number of carbonyl (C=O) groups is 2. The maximum atomic E-state index is 12.9. The lowest BCUT2D eigenvalue weighted by molar-refractivity contribution is -0.122. The Morgan fingerprint density at radius 2 is 2.11 bits per heavy atom. The number of carbonyl (C=O) groups excluding carboxylic acids is 2. The molecule has 1 saturated heterocycles. The van der Waals surface area contributed by atoms with Crippen LogP contribution in [0.15, 0.2) is 54.4 Å². The molecule has 36 heavy (non-hydrogen) atoms. The Morgan fingerprint density at radius 3 is 2.83 bits per heavy atom. The summed E-state index contributed by atoms with van der Waals surface area (Å²) in [7, 11) is 0. The molecule has 1 aromatic carbocycles. The fourth-order valence-corrected chi connectivity index (χ4v) is 5.39. The lowest BCUT2D eigenvalue weighted by Gasteiger charge is -2.26. The SMILES string of the molecule is C=CCNC(=O)[C@@H]1CCCN1c1cc(-c2sccc2C)cc(-c2cc(NC(=O)CCC)ccc2O)n1. The van der Waals surface area contributed by atoms with Crippen LogP contribution in [0.3, 0.4) is 0 Å². The molecule has 1 fully saturated rings. The lowest BCUT2D eigenvalue weighted by atomic mass is 10.0. The molecule has 2 aromatic heterocycles. The summed E-state index contributed by atoms with van der Waals surface area (Å²) in [4.78, 5) is 33.1. The zero-order valence-corrected chi connectivity index (χ0v) is 21.5. The van der Waals surface area contributed by atoms with Crippen molar-refractivity contribution < 1.29 is 14.7 Å². The number of hydrogen-bond donors (Lipinski definition) is 3. The summed E-state index contributed by atoms with van der Waals surface area (Å²) in [5.74, 6) is 0.642. The molecule has 3 heterocycles. The minimum Gasteiger partial charge on any atom is -0.507 e. The molecule has 0 saturated carbocycles. The summed E-state index contributed by atoms with van der Waals surface area (Å²) in [6, 6.07) is 10.7. The highest BCUT2D eigenvalue weighted by atomic mass is 32.1. The normalized spacial score (nSPS) is 15.1. The Morgan fingerprint density at radius 1 is 1.28 bits per heavy atom. The average molecular weight is 505 g/mol. The van der Waals surface area contributed by atoms with Gasteiger partial charge in [0.2, 0.25) is 11.8 Å². The Bertz CT molecular complexity index is 1270.